The van der Waals surface area contributed by atoms with Crippen molar-refractivity contribution in [1.82, 2.24) is 0 Å². The normalized spacial score (nSPS) is 11.5. The second-order valence-corrected chi connectivity index (χ2v) is 12.9. The van der Waals surface area contributed by atoms with E-state index in [-0.39, 0.29) is 0 Å². The van der Waals surface area contributed by atoms with E-state index in [0.29, 0.717) is 0 Å². The summed E-state index contributed by atoms with van der Waals surface area (Å²) in [6.07, 6.45) is 0. The van der Waals surface area contributed by atoms with Crippen molar-refractivity contribution in [2.24, 2.45) is 0 Å². The van der Waals surface area contributed by atoms with E-state index in [1.54, 1.807) is 0 Å². The van der Waals surface area contributed by atoms with Crippen molar-refractivity contribution in [3.63, 3.8) is 0 Å². The van der Waals surface area contributed by atoms with Crippen LogP contribution >= 0.6 is 11.3 Å². The molecule has 0 aliphatic rings. The molecule has 2 heteroatoms. The molecule has 8 aromatic carbocycles. The zero-order valence-corrected chi connectivity index (χ0v) is 25.9. The molecular formula is C44H29NS. The van der Waals surface area contributed by atoms with E-state index in [1.165, 1.54) is 69.7 Å². The van der Waals surface area contributed by atoms with Crippen LogP contribution in [0.1, 0.15) is 0 Å². The van der Waals surface area contributed by atoms with Gasteiger partial charge in [-0.2, -0.15) is 0 Å². The van der Waals surface area contributed by atoms with Crippen LogP contribution in [0, 0.1) is 0 Å². The second kappa shape index (κ2) is 11.0. The predicted octanol–water partition coefficient (Wildman–Crippen LogP) is 13.2. The van der Waals surface area contributed by atoms with E-state index in [2.05, 4.69) is 181 Å². The van der Waals surface area contributed by atoms with Gasteiger partial charge in [-0.1, -0.05) is 127 Å². The Morgan fingerprint density at radius 2 is 1.04 bits per heavy atom. The van der Waals surface area contributed by atoms with E-state index in [4.69, 9.17) is 0 Å². The van der Waals surface area contributed by atoms with Gasteiger partial charge in [-0.05, 0) is 92.3 Å². The van der Waals surface area contributed by atoms with Gasteiger partial charge in [-0.3, -0.25) is 0 Å². The lowest BCUT2D eigenvalue weighted by molar-refractivity contribution is 1.30. The van der Waals surface area contributed by atoms with Crippen molar-refractivity contribution in [3.8, 4) is 22.3 Å². The number of fused-ring (bicyclic) bond motifs is 5. The lowest BCUT2D eigenvalue weighted by Gasteiger charge is -2.27. The largest absolute Gasteiger partial charge is 0.310 e. The molecule has 0 bridgehead atoms. The quantitative estimate of drug-likeness (QED) is 0.189. The highest BCUT2D eigenvalue weighted by molar-refractivity contribution is 7.26. The molecule has 9 aromatic rings. The maximum atomic E-state index is 2.43. The van der Waals surface area contributed by atoms with Crippen LogP contribution in [0.25, 0.3) is 64.0 Å². The van der Waals surface area contributed by atoms with Crippen LogP contribution in [0.5, 0.6) is 0 Å². The smallest absolute Gasteiger partial charge is 0.0554 e. The first-order valence-electron chi connectivity index (χ1n) is 15.7. The number of nitrogens with zero attached hydrogens (tertiary/aromatic N) is 1. The van der Waals surface area contributed by atoms with Gasteiger partial charge in [0.1, 0.15) is 0 Å². The Morgan fingerprint density at radius 1 is 0.370 bits per heavy atom. The summed E-state index contributed by atoms with van der Waals surface area (Å²) < 4.78 is 2.60. The summed E-state index contributed by atoms with van der Waals surface area (Å²) in [5.41, 5.74) is 8.31. The van der Waals surface area contributed by atoms with Gasteiger partial charge in [-0.15, -0.1) is 11.3 Å². The van der Waals surface area contributed by atoms with Gasteiger partial charge in [0.05, 0.1) is 5.69 Å². The van der Waals surface area contributed by atoms with Crippen LogP contribution < -0.4 is 4.90 Å². The van der Waals surface area contributed by atoms with Gasteiger partial charge in [0.25, 0.3) is 0 Å². The molecule has 1 nitrogen and oxygen atoms in total. The van der Waals surface area contributed by atoms with Crippen LogP contribution in [0.4, 0.5) is 17.1 Å². The van der Waals surface area contributed by atoms with Gasteiger partial charge in [-0.25, -0.2) is 0 Å². The summed E-state index contributed by atoms with van der Waals surface area (Å²) in [5.74, 6) is 0. The highest BCUT2D eigenvalue weighted by atomic mass is 32.1. The van der Waals surface area contributed by atoms with Crippen LogP contribution in [-0.4, -0.2) is 0 Å². The number of benzene rings is 8. The van der Waals surface area contributed by atoms with Crippen LogP contribution in [0.3, 0.4) is 0 Å². The average molecular weight is 604 g/mol. The number of hydrogen-bond donors (Lipinski definition) is 0. The Bertz CT molecular complexity index is 2520. The van der Waals surface area contributed by atoms with Crippen molar-refractivity contribution in [2.75, 3.05) is 4.90 Å². The summed E-state index contributed by atoms with van der Waals surface area (Å²) in [7, 11) is 0. The van der Waals surface area contributed by atoms with Crippen LogP contribution in [0.15, 0.2) is 176 Å². The van der Waals surface area contributed by atoms with Gasteiger partial charge in [0.15, 0.2) is 0 Å². The Kier molecular flexibility index (Phi) is 6.40. The molecule has 0 spiro atoms. The molecule has 0 radical (unpaired) electrons. The first-order valence-corrected chi connectivity index (χ1v) is 16.5. The lowest BCUT2D eigenvalue weighted by Crippen LogP contribution is -2.10. The fourth-order valence-corrected chi connectivity index (χ4v) is 7.99. The summed E-state index contributed by atoms with van der Waals surface area (Å²) >= 11 is 1.87. The number of hydrogen-bond acceptors (Lipinski definition) is 2. The second-order valence-electron chi connectivity index (χ2n) is 11.8. The first kappa shape index (κ1) is 26.7. The third kappa shape index (κ3) is 4.54. The molecule has 1 heterocycles. The zero-order chi connectivity index (χ0) is 30.5. The molecule has 0 saturated heterocycles. The Hall–Kier alpha value is -5.70. The molecule has 0 N–H and O–H groups in total. The van der Waals surface area contributed by atoms with E-state index in [9.17, 15) is 0 Å². The molecule has 0 fully saturated rings. The third-order valence-corrected chi connectivity index (χ3v) is 10.1. The molecule has 0 unspecified atom stereocenters. The van der Waals surface area contributed by atoms with E-state index < -0.39 is 0 Å². The molecule has 9 rings (SSSR count). The SMILES string of the molecule is c1ccc(-c2cccc(N(c3ccc(-c4cccc5ccccc45)cc3)c3cccc4sc5cc6ccccc6cc5c34)c2)cc1. The summed E-state index contributed by atoms with van der Waals surface area (Å²) in [6, 6.07) is 64.0. The molecule has 1 aromatic heterocycles. The molecule has 0 saturated carbocycles. The predicted molar refractivity (Wildman–Crippen MR) is 200 cm³/mol. The Labute approximate surface area is 272 Å². The van der Waals surface area contributed by atoms with Gasteiger partial charge >= 0.3 is 0 Å². The lowest BCUT2D eigenvalue weighted by atomic mass is 9.98. The molecule has 0 atom stereocenters. The molecule has 0 aliphatic carbocycles. The number of rotatable bonds is 5. The molecule has 0 amide bonds. The first-order chi connectivity index (χ1) is 22.8. The number of thiophene rings is 1. The van der Waals surface area contributed by atoms with Gasteiger partial charge < -0.3 is 4.90 Å². The zero-order valence-electron chi connectivity index (χ0n) is 25.1. The fraction of sp³-hybridized carbons (Fsp3) is 0. The topological polar surface area (TPSA) is 3.24 Å². The monoisotopic (exact) mass is 603 g/mol. The summed E-state index contributed by atoms with van der Waals surface area (Å²) in [6.45, 7) is 0. The third-order valence-electron chi connectivity index (χ3n) is 9.02. The molecular weight excluding hydrogens is 575 g/mol. The molecule has 216 valence electrons. The highest BCUT2D eigenvalue weighted by Gasteiger charge is 2.19. The van der Waals surface area contributed by atoms with Crippen molar-refractivity contribution >= 4 is 70.1 Å². The van der Waals surface area contributed by atoms with Crippen molar-refractivity contribution in [1.29, 1.82) is 0 Å². The number of anilines is 3. The van der Waals surface area contributed by atoms with E-state index >= 15 is 0 Å². The van der Waals surface area contributed by atoms with Gasteiger partial charge in [0, 0.05) is 31.5 Å². The maximum Gasteiger partial charge on any atom is 0.0554 e. The fourth-order valence-electron chi connectivity index (χ4n) is 6.83. The Morgan fingerprint density at radius 3 is 1.89 bits per heavy atom. The standard InChI is InChI=1S/C44H29NS/c1-2-11-30(12-3-1)33-17-8-18-37(27-33)45(36-25-23-32(24-26-36)39-20-9-16-31-13-6-7-19-38(31)39)41-21-10-22-42-44(41)40-28-34-14-4-5-15-35(34)29-43(40)46-42/h1-29H. The van der Waals surface area contributed by atoms with Crippen LogP contribution in [0.2, 0.25) is 0 Å². The Balaban J connectivity index is 1.26. The van der Waals surface area contributed by atoms with Crippen LogP contribution in [-0.2, 0) is 0 Å². The minimum absolute atomic E-state index is 1.13. The van der Waals surface area contributed by atoms with Crippen molar-refractivity contribution in [3.05, 3.63) is 176 Å². The maximum absolute atomic E-state index is 2.43. The average Bonchev–Trinajstić information content (AvgIpc) is 3.49. The minimum atomic E-state index is 1.13. The molecule has 0 aliphatic heterocycles. The summed E-state index contributed by atoms with van der Waals surface area (Å²) in [4.78, 5) is 2.43. The van der Waals surface area contributed by atoms with Crippen molar-refractivity contribution in [2.45, 2.75) is 0 Å². The van der Waals surface area contributed by atoms with Crippen molar-refractivity contribution < 1.29 is 0 Å². The molecule has 46 heavy (non-hydrogen) atoms. The summed E-state index contributed by atoms with van der Waals surface area (Å²) in [5, 5.41) is 7.65. The highest BCUT2D eigenvalue weighted by Crippen LogP contribution is 2.46. The van der Waals surface area contributed by atoms with E-state index in [1.807, 2.05) is 11.3 Å². The van der Waals surface area contributed by atoms with Gasteiger partial charge in [0.2, 0.25) is 0 Å². The minimum Gasteiger partial charge on any atom is -0.310 e. The van der Waals surface area contributed by atoms with E-state index in [0.717, 1.165) is 11.4 Å².